The summed E-state index contributed by atoms with van der Waals surface area (Å²) >= 11 is 0. The smallest absolute Gasteiger partial charge is 0.417 e. The lowest BCUT2D eigenvalue weighted by Gasteiger charge is -2.46. The lowest BCUT2D eigenvalue weighted by molar-refractivity contribution is -0.152. The van der Waals surface area contributed by atoms with Gasteiger partial charge in [-0.2, -0.15) is 0 Å². The molecule has 7 N–H and O–H groups in total. The highest BCUT2D eigenvalue weighted by Gasteiger charge is 2.54. The van der Waals surface area contributed by atoms with Crippen LogP contribution in [0.4, 0.5) is 4.79 Å². The predicted octanol–water partition coefficient (Wildman–Crippen LogP) is 4.02. The Balaban J connectivity index is 2.01. The number of aliphatic hydroxyl groups is 1. The fourth-order valence-electron chi connectivity index (χ4n) is 8.47. The third kappa shape index (κ3) is 15.0. The number of carbonyl (C=O) groups excluding carboxylic acids is 7. The number of methoxy groups -OCH3 is 1. The van der Waals surface area contributed by atoms with Crippen LogP contribution in [0.2, 0.25) is 0 Å². The number of nitrogens with two attached hydrogens (primary N) is 1. The molecule has 3 rings (SSSR count). The third-order valence-electron chi connectivity index (χ3n) is 12.3. The van der Waals surface area contributed by atoms with Gasteiger partial charge in [-0.25, -0.2) is 14.5 Å². The van der Waals surface area contributed by atoms with Crippen molar-refractivity contribution in [3.8, 4) is 0 Å². The van der Waals surface area contributed by atoms with E-state index in [1.54, 1.807) is 48.5 Å². The Kier molecular flexibility index (Phi) is 20.7. The summed E-state index contributed by atoms with van der Waals surface area (Å²) in [6.07, 6.45) is 4.46. The first kappa shape index (κ1) is 53.7. The largest absolute Gasteiger partial charge is 0.467 e. The van der Waals surface area contributed by atoms with Crippen molar-refractivity contribution >= 4 is 41.6 Å². The third-order valence-corrected chi connectivity index (χ3v) is 12.3. The second kappa shape index (κ2) is 24.6. The van der Waals surface area contributed by atoms with Crippen molar-refractivity contribution in [2.75, 3.05) is 13.7 Å². The Morgan fingerprint density at radius 1 is 0.828 bits per heavy atom. The van der Waals surface area contributed by atoms with Crippen LogP contribution in [-0.2, 0) is 49.6 Å². The molecular weight excluding hydrogens is 825 g/mol. The molecule has 0 radical (unpaired) electrons. The van der Waals surface area contributed by atoms with Crippen LogP contribution >= 0.6 is 0 Å². The van der Waals surface area contributed by atoms with Crippen LogP contribution < -0.4 is 27.0 Å². The molecule has 64 heavy (non-hydrogen) atoms. The lowest BCUT2D eigenvalue weighted by atomic mass is 9.73. The van der Waals surface area contributed by atoms with Crippen molar-refractivity contribution in [1.29, 1.82) is 0 Å². The number of nitrogens with zero attached hydrogens (tertiary/aromatic N) is 1. The Labute approximate surface area is 379 Å². The maximum Gasteiger partial charge on any atom is 0.417 e. The number of esters is 1. The number of benzene rings is 1. The summed E-state index contributed by atoms with van der Waals surface area (Å²) in [6, 6.07) is 2.80. The number of amides is 6. The Hall–Kier alpha value is -4.61. The van der Waals surface area contributed by atoms with Crippen LogP contribution in [0.3, 0.4) is 0 Å². The van der Waals surface area contributed by atoms with E-state index >= 15 is 0 Å². The average molecular weight is 901 g/mol. The molecule has 0 aromatic heterocycles. The monoisotopic (exact) mass is 901 g/mol. The van der Waals surface area contributed by atoms with Gasteiger partial charge < -0.3 is 46.3 Å². The minimum atomic E-state index is -2.08. The van der Waals surface area contributed by atoms with Crippen LogP contribution in [0.25, 0.3) is 0 Å². The van der Waals surface area contributed by atoms with Gasteiger partial charge in [0.1, 0.15) is 41.4 Å². The summed E-state index contributed by atoms with van der Waals surface area (Å²) in [4.78, 5) is 98.3. The summed E-state index contributed by atoms with van der Waals surface area (Å²) in [5.74, 6) is -6.21. The molecule has 0 saturated heterocycles. The molecule has 1 aromatic rings. The minimum absolute atomic E-state index is 0.000603. The molecule has 7 atom stereocenters. The highest BCUT2D eigenvalue weighted by atomic mass is 16.6. The topological polar surface area (TPSA) is 245 Å². The van der Waals surface area contributed by atoms with E-state index in [1.807, 2.05) is 30.3 Å². The highest BCUT2D eigenvalue weighted by molar-refractivity contribution is 6.01. The van der Waals surface area contributed by atoms with Gasteiger partial charge in [0.05, 0.1) is 26.4 Å². The van der Waals surface area contributed by atoms with Gasteiger partial charge >= 0.3 is 12.1 Å². The number of imide groups is 1. The van der Waals surface area contributed by atoms with Crippen molar-refractivity contribution in [3.63, 3.8) is 0 Å². The first-order valence-corrected chi connectivity index (χ1v) is 23.0. The zero-order valence-corrected chi connectivity index (χ0v) is 39.7. The van der Waals surface area contributed by atoms with Gasteiger partial charge in [0.15, 0.2) is 0 Å². The van der Waals surface area contributed by atoms with Crippen molar-refractivity contribution in [1.82, 2.24) is 26.2 Å². The second-order valence-corrected chi connectivity index (χ2v) is 19.2. The van der Waals surface area contributed by atoms with E-state index < -0.39 is 107 Å². The Bertz CT molecular complexity index is 1720. The van der Waals surface area contributed by atoms with Crippen molar-refractivity contribution in [2.45, 2.75) is 181 Å². The van der Waals surface area contributed by atoms with E-state index in [4.69, 9.17) is 19.9 Å². The normalized spacial score (nSPS) is 18.7. The van der Waals surface area contributed by atoms with Gasteiger partial charge in [-0.05, 0) is 77.2 Å². The fourth-order valence-corrected chi connectivity index (χ4v) is 8.47. The van der Waals surface area contributed by atoms with Crippen LogP contribution in [0, 0.1) is 23.7 Å². The molecule has 1 aromatic carbocycles. The number of rotatable bonds is 21. The van der Waals surface area contributed by atoms with Gasteiger partial charge in [-0.3, -0.25) is 24.0 Å². The molecule has 0 heterocycles. The van der Waals surface area contributed by atoms with Gasteiger partial charge in [0, 0.05) is 5.92 Å². The average Bonchev–Trinajstić information content (AvgIpc) is 3.79. The van der Waals surface area contributed by atoms with Gasteiger partial charge in [0.25, 0.3) is 5.91 Å². The first-order chi connectivity index (χ1) is 30.0. The van der Waals surface area contributed by atoms with Crippen molar-refractivity contribution in [3.05, 3.63) is 35.9 Å². The van der Waals surface area contributed by atoms with E-state index in [9.17, 15) is 38.7 Å². The number of hydrogen-bond donors (Lipinski definition) is 6. The fraction of sp³-hybridized carbons (Fsp3) is 0.723. The van der Waals surface area contributed by atoms with Crippen LogP contribution in [0.1, 0.15) is 132 Å². The van der Waals surface area contributed by atoms with Crippen molar-refractivity contribution < 1.29 is 52.9 Å². The summed E-state index contributed by atoms with van der Waals surface area (Å²) in [5, 5.41) is 23.9. The number of carbonyl (C=O) groups is 7. The molecular formula is C47H76N6O11. The second-order valence-electron chi connectivity index (χ2n) is 19.2. The molecule has 6 amide bonds. The van der Waals surface area contributed by atoms with Gasteiger partial charge in [0.2, 0.25) is 23.6 Å². The number of aliphatic hydroxyl groups excluding tert-OH is 1. The molecule has 0 spiro atoms. The molecule has 0 bridgehead atoms. The van der Waals surface area contributed by atoms with Crippen LogP contribution in [0.5, 0.6) is 0 Å². The zero-order chi connectivity index (χ0) is 47.9. The van der Waals surface area contributed by atoms with E-state index in [2.05, 4.69) is 21.3 Å². The summed E-state index contributed by atoms with van der Waals surface area (Å²) in [5.41, 5.74) is 3.79. The Morgan fingerprint density at radius 3 is 1.97 bits per heavy atom. The Morgan fingerprint density at radius 2 is 1.42 bits per heavy atom. The van der Waals surface area contributed by atoms with Crippen LogP contribution in [0.15, 0.2) is 30.3 Å². The molecule has 0 aliphatic heterocycles. The van der Waals surface area contributed by atoms with Crippen LogP contribution in [-0.4, -0.2) is 113 Å². The maximum absolute atomic E-state index is 14.8. The maximum atomic E-state index is 14.8. The molecule has 1 unspecified atom stereocenters. The number of nitrogens with one attached hydrogen (secondary N) is 4. The standard InChI is InChI=1S/C47H76N6O11/c1-28(2)37(43(59)62-10)51-44(60)47(29(3)4,52-40(56)34-23-17-18-24-34)38(54)36(25-32-19-13-11-14-20-32)50-39(55)31(6)53(45(61)64-46(7,8)9)42(58)30(5)49-41(57)35(48)27-63-26-33-21-15-12-16-22-33/h12,15-16,21-22,28-32,34-38,54H,11,13-14,17-20,23-27,48H2,1-10H3,(H,49,57)(H,50,55)(H,51,60)(H,52,56)/t30-,31-,35-,36-,37-,38?,47+/m0/s1. The molecule has 2 saturated carbocycles. The quantitative estimate of drug-likeness (QED) is 0.0959. The molecule has 2 fully saturated rings. The van der Waals surface area contributed by atoms with E-state index in [0.29, 0.717) is 17.7 Å². The van der Waals surface area contributed by atoms with Gasteiger partial charge in [-0.15, -0.1) is 0 Å². The molecule has 17 heteroatoms. The zero-order valence-electron chi connectivity index (χ0n) is 39.7. The molecule has 2 aliphatic carbocycles. The van der Waals surface area contributed by atoms with E-state index in [0.717, 1.165) is 50.5 Å². The molecule has 360 valence electrons. The lowest BCUT2D eigenvalue weighted by Crippen LogP contribution is -2.74. The number of hydrogen-bond acceptors (Lipinski definition) is 12. The summed E-state index contributed by atoms with van der Waals surface area (Å²) in [6.45, 7) is 14.2. The molecule has 2 aliphatic rings. The van der Waals surface area contributed by atoms with Crippen molar-refractivity contribution in [2.24, 2.45) is 29.4 Å². The first-order valence-electron chi connectivity index (χ1n) is 23.0. The summed E-state index contributed by atoms with van der Waals surface area (Å²) < 4.78 is 16.2. The highest BCUT2D eigenvalue weighted by Crippen LogP contribution is 2.34. The van der Waals surface area contributed by atoms with E-state index in [-0.39, 0.29) is 25.6 Å². The van der Waals surface area contributed by atoms with E-state index in [1.165, 1.54) is 21.0 Å². The predicted molar refractivity (Wildman–Crippen MR) is 240 cm³/mol. The van der Waals surface area contributed by atoms with Gasteiger partial charge in [-0.1, -0.05) is 103 Å². The molecule has 17 nitrogen and oxygen atoms in total. The summed E-state index contributed by atoms with van der Waals surface area (Å²) in [7, 11) is 1.20. The minimum Gasteiger partial charge on any atom is -0.467 e. The number of ether oxygens (including phenoxy) is 3. The SMILES string of the molecule is COC(=O)[C@@H](NC(=O)[C@@](NC(=O)C1CCCC1)(C(C)C)C(O)[C@H](CC1CCCCC1)NC(=O)[C@H](C)N(C(=O)OC(C)(C)C)C(=O)[C@H](C)NC(=O)[C@@H](N)COCc1ccccc1)C(C)C.